The number of hydrogen-bond acceptors (Lipinski definition) is 5. The van der Waals surface area contributed by atoms with Crippen LogP contribution in [0, 0.1) is 5.41 Å². The minimum Gasteiger partial charge on any atom is -0.509 e. The lowest BCUT2D eigenvalue weighted by atomic mass is 10.2. The summed E-state index contributed by atoms with van der Waals surface area (Å²) in [6.45, 7) is 2.91. The first kappa shape index (κ1) is 17.9. The monoisotopic (exact) mass is 378 g/mol. The molecule has 2 aromatic carbocycles. The van der Waals surface area contributed by atoms with Crippen LogP contribution < -0.4 is 14.4 Å². The lowest BCUT2D eigenvalue weighted by Crippen LogP contribution is -2.26. The van der Waals surface area contributed by atoms with Gasteiger partial charge < -0.3 is 24.0 Å². The van der Waals surface area contributed by atoms with Crippen LogP contribution >= 0.6 is 0 Å². The summed E-state index contributed by atoms with van der Waals surface area (Å²) in [5.74, 6) is 2.16. The van der Waals surface area contributed by atoms with Crippen LogP contribution in [-0.4, -0.2) is 41.3 Å². The average molecular weight is 378 g/mol. The van der Waals surface area contributed by atoms with Gasteiger partial charge in [-0.05, 0) is 19.1 Å². The van der Waals surface area contributed by atoms with E-state index in [1.807, 2.05) is 47.9 Å². The molecule has 1 aliphatic rings. The van der Waals surface area contributed by atoms with Crippen molar-refractivity contribution in [3.05, 3.63) is 54.0 Å². The number of anilines is 1. The maximum absolute atomic E-state index is 10.7. The fourth-order valence-corrected chi connectivity index (χ4v) is 3.57. The van der Waals surface area contributed by atoms with Gasteiger partial charge in [0.15, 0.2) is 0 Å². The van der Waals surface area contributed by atoms with E-state index in [2.05, 4.69) is 0 Å². The summed E-state index contributed by atoms with van der Waals surface area (Å²) in [6, 6.07) is 13.2. The fourth-order valence-electron chi connectivity index (χ4n) is 3.57. The smallest absolute Gasteiger partial charge is 0.148 e. The third-order valence-electron chi connectivity index (χ3n) is 4.95. The van der Waals surface area contributed by atoms with E-state index < -0.39 is 0 Å². The van der Waals surface area contributed by atoms with Crippen LogP contribution in [0.5, 0.6) is 11.5 Å². The molecule has 0 amide bonds. The van der Waals surface area contributed by atoms with E-state index in [4.69, 9.17) is 19.9 Å². The molecule has 7 heteroatoms. The molecule has 2 N–H and O–H groups in total. The molecule has 0 radical (unpaired) electrons. The third kappa shape index (κ3) is 2.76. The van der Waals surface area contributed by atoms with Gasteiger partial charge in [-0.3, -0.25) is 5.41 Å². The van der Waals surface area contributed by atoms with Crippen LogP contribution in [0.1, 0.15) is 12.7 Å². The van der Waals surface area contributed by atoms with Crippen LogP contribution in [0.3, 0.4) is 0 Å². The average Bonchev–Trinajstić information content (AvgIpc) is 3.23. The molecule has 3 aromatic rings. The number of nitrogens with one attached hydrogen (secondary N) is 1. The number of rotatable bonds is 5. The first-order chi connectivity index (χ1) is 13.6. The van der Waals surface area contributed by atoms with Crippen molar-refractivity contribution >= 4 is 28.1 Å². The number of fused-ring (bicyclic) bond motifs is 1. The van der Waals surface area contributed by atoms with Crippen molar-refractivity contribution < 1.29 is 14.6 Å². The zero-order valence-electron chi connectivity index (χ0n) is 16.1. The Labute approximate surface area is 162 Å². The highest BCUT2D eigenvalue weighted by molar-refractivity contribution is 6.30. The van der Waals surface area contributed by atoms with E-state index in [0.717, 1.165) is 11.0 Å². The zero-order chi connectivity index (χ0) is 19.8. The van der Waals surface area contributed by atoms with Crippen molar-refractivity contribution in [3.8, 4) is 11.5 Å². The molecule has 4 rings (SSSR count). The van der Waals surface area contributed by atoms with Crippen molar-refractivity contribution in [1.29, 1.82) is 5.41 Å². The van der Waals surface area contributed by atoms with Gasteiger partial charge in [0.05, 0.1) is 43.1 Å². The Morgan fingerprint density at radius 1 is 1.11 bits per heavy atom. The zero-order valence-corrected chi connectivity index (χ0v) is 16.1. The van der Waals surface area contributed by atoms with Crippen LogP contribution in [0.4, 0.5) is 5.69 Å². The quantitative estimate of drug-likeness (QED) is 0.705. The summed E-state index contributed by atoms with van der Waals surface area (Å²) >= 11 is 0. The molecule has 7 nitrogen and oxygen atoms in total. The van der Waals surface area contributed by atoms with E-state index in [1.54, 1.807) is 25.2 Å². The maximum Gasteiger partial charge on any atom is 0.148 e. The minimum atomic E-state index is 0.122. The Bertz CT molecular complexity index is 1080. The van der Waals surface area contributed by atoms with Crippen LogP contribution in [0.15, 0.2) is 48.2 Å². The Balaban J connectivity index is 1.78. The largest absolute Gasteiger partial charge is 0.509 e. The maximum atomic E-state index is 10.7. The van der Waals surface area contributed by atoms with Crippen molar-refractivity contribution in [3.63, 3.8) is 0 Å². The molecule has 1 aliphatic heterocycles. The summed E-state index contributed by atoms with van der Waals surface area (Å²) < 4.78 is 12.7. The Morgan fingerprint density at radius 2 is 1.79 bits per heavy atom. The predicted octanol–water partition coefficient (Wildman–Crippen LogP) is 3.84. The number of amidine groups is 1. The number of aliphatic hydroxyl groups excluding tert-OH is 1. The van der Waals surface area contributed by atoms with E-state index in [0.29, 0.717) is 35.1 Å². The standard InChI is InChI=1S/C21H22N4O3/c1-4-24-17-8-6-5-7-16(17)23-21(24)19-18(26)12-25(20(19)22)13-9-14(27-2)11-15(10-13)28-3/h5-11,22,26H,4,12H2,1-3H3. The summed E-state index contributed by atoms with van der Waals surface area (Å²) in [5, 5.41) is 19.5. The van der Waals surface area contributed by atoms with Crippen molar-refractivity contribution in [2.24, 2.45) is 0 Å². The molecular formula is C21H22N4O3. The first-order valence-corrected chi connectivity index (χ1v) is 9.04. The molecule has 0 spiro atoms. The lowest BCUT2D eigenvalue weighted by molar-refractivity contribution is 0.394. The van der Waals surface area contributed by atoms with Crippen LogP contribution in [-0.2, 0) is 6.54 Å². The summed E-state index contributed by atoms with van der Waals surface area (Å²) in [7, 11) is 3.16. The molecule has 0 fully saturated rings. The Hall–Kier alpha value is -3.48. The number of para-hydroxylation sites is 2. The highest BCUT2D eigenvalue weighted by Gasteiger charge is 2.33. The number of methoxy groups -OCH3 is 2. The van der Waals surface area contributed by atoms with Crippen LogP contribution in [0.25, 0.3) is 16.6 Å². The number of ether oxygens (including phenoxy) is 2. The number of hydrogen-bond donors (Lipinski definition) is 2. The molecule has 0 unspecified atom stereocenters. The second-order valence-electron chi connectivity index (χ2n) is 6.50. The van der Waals surface area contributed by atoms with Crippen LogP contribution in [0.2, 0.25) is 0 Å². The van der Waals surface area contributed by atoms with Crippen molar-refractivity contribution in [2.75, 3.05) is 25.7 Å². The molecule has 28 heavy (non-hydrogen) atoms. The normalized spacial score (nSPS) is 14.2. The molecular weight excluding hydrogens is 356 g/mol. The van der Waals surface area contributed by atoms with Crippen molar-refractivity contribution in [1.82, 2.24) is 9.55 Å². The minimum absolute atomic E-state index is 0.122. The van der Waals surface area contributed by atoms with Gasteiger partial charge in [0, 0.05) is 24.7 Å². The molecule has 1 aromatic heterocycles. The molecule has 0 aliphatic carbocycles. The van der Waals surface area contributed by atoms with Gasteiger partial charge in [0.25, 0.3) is 0 Å². The van der Waals surface area contributed by atoms with Gasteiger partial charge in [-0.15, -0.1) is 0 Å². The van der Waals surface area contributed by atoms with E-state index in [1.165, 1.54) is 0 Å². The second kappa shape index (κ2) is 6.92. The number of aromatic nitrogens is 2. The van der Waals surface area contributed by atoms with E-state index in [9.17, 15) is 5.11 Å². The SMILES string of the molecule is CCn1c(C2=C(O)CN(c3cc(OC)cc(OC)c3)C2=N)nc2ccccc21. The topological polar surface area (TPSA) is 83.6 Å². The molecule has 0 saturated carbocycles. The highest BCUT2D eigenvalue weighted by atomic mass is 16.5. The molecule has 0 atom stereocenters. The van der Waals surface area contributed by atoms with Crippen molar-refractivity contribution in [2.45, 2.75) is 13.5 Å². The number of nitrogens with zero attached hydrogens (tertiary/aromatic N) is 3. The number of aryl methyl sites for hydroxylation is 1. The highest BCUT2D eigenvalue weighted by Crippen LogP contribution is 2.35. The van der Waals surface area contributed by atoms with Gasteiger partial charge in [-0.1, -0.05) is 12.1 Å². The molecule has 2 heterocycles. The predicted molar refractivity (Wildman–Crippen MR) is 110 cm³/mol. The molecule has 0 bridgehead atoms. The molecule has 0 saturated heterocycles. The first-order valence-electron chi connectivity index (χ1n) is 9.04. The lowest BCUT2D eigenvalue weighted by Gasteiger charge is -2.20. The van der Waals surface area contributed by atoms with Gasteiger partial charge in [0.2, 0.25) is 0 Å². The second-order valence-corrected chi connectivity index (χ2v) is 6.50. The fraction of sp³-hybridized carbons (Fsp3) is 0.238. The van der Waals surface area contributed by atoms with E-state index >= 15 is 0 Å². The van der Waals surface area contributed by atoms with E-state index in [-0.39, 0.29) is 18.1 Å². The summed E-state index contributed by atoms with van der Waals surface area (Å²) in [4.78, 5) is 6.41. The van der Waals surface area contributed by atoms with Gasteiger partial charge in [-0.25, -0.2) is 4.98 Å². The van der Waals surface area contributed by atoms with Gasteiger partial charge >= 0.3 is 0 Å². The molecule has 144 valence electrons. The third-order valence-corrected chi connectivity index (χ3v) is 4.95. The Morgan fingerprint density at radius 3 is 2.43 bits per heavy atom. The number of imidazole rings is 1. The Kier molecular flexibility index (Phi) is 4.43. The van der Waals surface area contributed by atoms with Gasteiger partial charge in [-0.2, -0.15) is 0 Å². The van der Waals surface area contributed by atoms with Gasteiger partial charge in [0.1, 0.15) is 28.9 Å². The summed E-state index contributed by atoms with van der Waals surface area (Å²) in [5.41, 5.74) is 2.98. The summed E-state index contributed by atoms with van der Waals surface area (Å²) in [6.07, 6.45) is 0. The number of benzene rings is 2. The number of aliphatic hydroxyl groups is 1.